The monoisotopic (exact) mass is 443 g/mol. The SMILES string of the molecule is Cc1c(-c2ccccc2)nnc(N2CC(C)N(C(N)=O)CC2C2CCC(F)(F)CC2)c1C. The molecule has 2 amide bonds. The fourth-order valence-corrected chi connectivity index (χ4v) is 5.14. The van der Waals surface area contributed by atoms with E-state index in [0.717, 1.165) is 28.2 Å². The summed E-state index contributed by atoms with van der Waals surface area (Å²) in [5, 5.41) is 9.16. The molecule has 1 saturated heterocycles. The fourth-order valence-electron chi connectivity index (χ4n) is 5.14. The summed E-state index contributed by atoms with van der Waals surface area (Å²) in [5.74, 6) is -1.80. The van der Waals surface area contributed by atoms with Crippen LogP contribution in [0.1, 0.15) is 43.7 Å². The number of carbonyl (C=O) groups is 1. The molecule has 1 aliphatic carbocycles. The molecule has 32 heavy (non-hydrogen) atoms. The minimum Gasteiger partial charge on any atom is -0.351 e. The van der Waals surface area contributed by atoms with Gasteiger partial charge < -0.3 is 15.5 Å². The number of hydrogen-bond donors (Lipinski definition) is 1. The van der Waals surface area contributed by atoms with Crippen LogP contribution in [0.2, 0.25) is 0 Å². The third kappa shape index (κ3) is 4.27. The molecule has 172 valence electrons. The van der Waals surface area contributed by atoms with Crippen molar-refractivity contribution in [3.8, 4) is 11.3 Å². The van der Waals surface area contributed by atoms with Crippen molar-refractivity contribution in [3.63, 3.8) is 0 Å². The lowest BCUT2D eigenvalue weighted by Gasteiger charge is -2.49. The lowest BCUT2D eigenvalue weighted by Crippen LogP contribution is -2.63. The van der Waals surface area contributed by atoms with E-state index in [1.54, 1.807) is 4.90 Å². The Kier molecular flexibility index (Phi) is 6.05. The van der Waals surface area contributed by atoms with Crippen LogP contribution >= 0.6 is 0 Å². The molecular weight excluding hydrogens is 412 g/mol. The summed E-state index contributed by atoms with van der Waals surface area (Å²) in [6.45, 7) is 6.97. The molecule has 1 saturated carbocycles. The third-order valence-electron chi connectivity index (χ3n) is 7.18. The number of alkyl halides is 2. The van der Waals surface area contributed by atoms with Crippen molar-refractivity contribution in [1.29, 1.82) is 0 Å². The van der Waals surface area contributed by atoms with Crippen LogP contribution in [0.5, 0.6) is 0 Å². The van der Waals surface area contributed by atoms with Crippen molar-refractivity contribution >= 4 is 11.8 Å². The molecule has 0 bridgehead atoms. The first kappa shape index (κ1) is 22.4. The minimum absolute atomic E-state index is 0.0410. The predicted molar refractivity (Wildman–Crippen MR) is 121 cm³/mol. The summed E-state index contributed by atoms with van der Waals surface area (Å²) < 4.78 is 27.7. The highest BCUT2D eigenvalue weighted by Gasteiger charge is 2.43. The quantitative estimate of drug-likeness (QED) is 0.756. The number of anilines is 1. The third-order valence-corrected chi connectivity index (χ3v) is 7.18. The summed E-state index contributed by atoms with van der Waals surface area (Å²) in [5.41, 5.74) is 9.54. The molecule has 0 radical (unpaired) electrons. The van der Waals surface area contributed by atoms with E-state index in [4.69, 9.17) is 5.73 Å². The first-order chi connectivity index (χ1) is 15.2. The number of halogens is 2. The molecule has 2 heterocycles. The molecule has 0 spiro atoms. The molecule has 2 fully saturated rings. The molecule has 2 N–H and O–H groups in total. The Labute approximate surface area is 187 Å². The van der Waals surface area contributed by atoms with E-state index >= 15 is 0 Å². The molecule has 2 aliphatic rings. The molecule has 2 aromatic rings. The molecule has 8 heteroatoms. The van der Waals surface area contributed by atoms with Crippen LogP contribution in [0.15, 0.2) is 30.3 Å². The van der Waals surface area contributed by atoms with Gasteiger partial charge in [-0.2, -0.15) is 0 Å². The Hall–Kier alpha value is -2.77. The molecule has 4 rings (SSSR count). The second-order valence-electron chi connectivity index (χ2n) is 9.24. The second-order valence-corrected chi connectivity index (χ2v) is 9.24. The zero-order valence-corrected chi connectivity index (χ0v) is 18.9. The highest BCUT2D eigenvalue weighted by Crippen LogP contribution is 2.41. The second kappa shape index (κ2) is 8.64. The van der Waals surface area contributed by atoms with Gasteiger partial charge in [-0.1, -0.05) is 30.3 Å². The van der Waals surface area contributed by atoms with Crippen LogP contribution in [0.4, 0.5) is 19.4 Å². The van der Waals surface area contributed by atoms with Crippen LogP contribution in [-0.4, -0.2) is 52.2 Å². The van der Waals surface area contributed by atoms with Crippen molar-refractivity contribution in [2.24, 2.45) is 11.7 Å². The summed E-state index contributed by atoms with van der Waals surface area (Å²) in [4.78, 5) is 15.9. The highest BCUT2D eigenvalue weighted by molar-refractivity contribution is 5.73. The van der Waals surface area contributed by atoms with Gasteiger partial charge in [0.15, 0.2) is 5.82 Å². The van der Waals surface area contributed by atoms with Gasteiger partial charge in [0.2, 0.25) is 5.92 Å². The van der Waals surface area contributed by atoms with E-state index in [1.165, 1.54) is 0 Å². The predicted octanol–water partition coefficient (Wildman–Crippen LogP) is 4.54. The van der Waals surface area contributed by atoms with Crippen molar-refractivity contribution < 1.29 is 13.6 Å². The Morgan fingerprint density at radius 3 is 2.34 bits per heavy atom. The Balaban J connectivity index is 1.69. The summed E-state index contributed by atoms with van der Waals surface area (Å²) in [6.07, 6.45) is 0.598. The number of aromatic nitrogens is 2. The van der Waals surface area contributed by atoms with E-state index in [2.05, 4.69) is 15.1 Å². The number of rotatable bonds is 3. The summed E-state index contributed by atoms with van der Waals surface area (Å²) in [7, 11) is 0. The topological polar surface area (TPSA) is 75.3 Å². The van der Waals surface area contributed by atoms with Crippen LogP contribution < -0.4 is 10.6 Å². The van der Waals surface area contributed by atoms with E-state index in [0.29, 0.717) is 25.9 Å². The normalized spacial score (nSPS) is 23.9. The standard InChI is InChI=1S/C24H31F2N5O/c1-15-13-31(20(14-30(15)23(27)32)18-9-11-24(25,26)12-10-18)22-17(3)16(2)21(28-29-22)19-7-5-4-6-8-19/h4-8,15,18,20H,9-14H2,1-3H3,(H2,27,32). The van der Waals surface area contributed by atoms with E-state index in [1.807, 2.05) is 51.1 Å². The Morgan fingerprint density at radius 2 is 1.72 bits per heavy atom. The number of piperazine rings is 1. The van der Waals surface area contributed by atoms with Crippen LogP contribution in [0.3, 0.4) is 0 Å². The maximum absolute atomic E-state index is 13.8. The van der Waals surface area contributed by atoms with Crippen molar-refractivity contribution in [2.75, 3.05) is 18.0 Å². The van der Waals surface area contributed by atoms with Gasteiger partial charge in [-0.15, -0.1) is 10.2 Å². The molecular formula is C24H31F2N5O. The van der Waals surface area contributed by atoms with E-state index in [-0.39, 0.29) is 30.8 Å². The summed E-state index contributed by atoms with van der Waals surface area (Å²) in [6, 6.07) is 9.23. The molecule has 1 aliphatic heterocycles. The highest BCUT2D eigenvalue weighted by atomic mass is 19.3. The van der Waals surface area contributed by atoms with Crippen LogP contribution in [-0.2, 0) is 0 Å². The lowest BCUT2D eigenvalue weighted by molar-refractivity contribution is -0.0504. The first-order valence-electron chi connectivity index (χ1n) is 11.3. The van der Waals surface area contributed by atoms with Gasteiger partial charge in [0.25, 0.3) is 0 Å². The summed E-state index contributed by atoms with van der Waals surface area (Å²) >= 11 is 0. The number of nitrogens with zero attached hydrogens (tertiary/aromatic N) is 4. The number of urea groups is 1. The largest absolute Gasteiger partial charge is 0.351 e. The maximum Gasteiger partial charge on any atom is 0.315 e. The van der Waals surface area contributed by atoms with Gasteiger partial charge in [-0.05, 0) is 50.7 Å². The van der Waals surface area contributed by atoms with Gasteiger partial charge in [-0.3, -0.25) is 0 Å². The average Bonchev–Trinajstić information content (AvgIpc) is 2.76. The fraction of sp³-hybridized carbons (Fsp3) is 0.542. The van der Waals surface area contributed by atoms with Crippen molar-refractivity contribution in [1.82, 2.24) is 15.1 Å². The molecule has 1 aromatic heterocycles. The number of amides is 2. The minimum atomic E-state index is -2.60. The lowest BCUT2D eigenvalue weighted by atomic mass is 9.80. The van der Waals surface area contributed by atoms with E-state index in [9.17, 15) is 13.6 Å². The number of hydrogen-bond acceptors (Lipinski definition) is 4. The Bertz CT molecular complexity index is 974. The number of primary amides is 1. The first-order valence-corrected chi connectivity index (χ1v) is 11.3. The van der Waals surface area contributed by atoms with Gasteiger partial charge >= 0.3 is 6.03 Å². The van der Waals surface area contributed by atoms with Crippen LogP contribution in [0.25, 0.3) is 11.3 Å². The van der Waals surface area contributed by atoms with Gasteiger partial charge in [0, 0.05) is 37.5 Å². The molecule has 2 atom stereocenters. The smallest absolute Gasteiger partial charge is 0.315 e. The van der Waals surface area contributed by atoms with Crippen molar-refractivity contribution in [3.05, 3.63) is 41.5 Å². The number of nitrogens with two attached hydrogens (primary N) is 1. The number of benzene rings is 1. The molecule has 2 unspecified atom stereocenters. The maximum atomic E-state index is 13.8. The van der Waals surface area contributed by atoms with E-state index < -0.39 is 12.0 Å². The molecule has 6 nitrogen and oxygen atoms in total. The zero-order chi connectivity index (χ0) is 23.0. The average molecular weight is 444 g/mol. The van der Waals surface area contributed by atoms with Crippen LogP contribution in [0, 0.1) is 19.8 Å². The van der Waals surface area contributed by atoms with Crippen molar-refractivity contribution in [2.45, 2.75) is 64.5 Å². The van der Waals surface area contributed by atoms with Gasteiger partial charge in [0.05, 0.1) is 11.7 Å². The van der Waals surface area contributed by atoms with Gasteiger partial charge in [0.1, 0.15) is 0 Å². The number of carbonyl (C=O) groups excluding carboxylic acids is 1. The molecule has 1 aromatic carbocycles. The van der Waals surface area contributed by atoms with Gasteiger partial charge in [-0.25, -0.2) is 13.6 Å². The Morgan fingerprint density at radius 1 is 1.06 bits per heavy atom. The zero-order valence-electron chi connectivity index (χ0n) is 18.9.